The first kappa shape index (κ1) is 17.8. The Hall–Kier alpha value is -0.960. The third kappa shape index (κ3) is 3.99. The summed E-state index contributed by atoms with van der Waals surface area (Å²) >= 11 is 1.22. The van der Waals surface area contributed by atoms with Gasteiger partial charge in [0.1, 0.15) is 4.21 Å². The number of amides is 1. The van der Waals surface area contributed by atoms with Gasteiger partial charge >= 0.3 is 0 Å². The molecule has 0 spiro atoms. The van der Waals surface area contributed by atoms with Crippen molar-refractivity contribution in [3.8, 4) is 0 Å². The summed E-state index contributed by atoms with van der Waals surface area (Å²) in [5.41, 5.74) is 0. The van der Waals surface area contributed by atoms with E-state index in [0.29, 0.717) is 37.0 Å². The molecule has 0 N–H and O–H groups in total. The second-order valence-corrected chi connectivity index (χ2v) is 9.72. The van der Waals surface area contributed by atoms with Gasteiger partial charge in [-0.25, -0.2) is 8.42 Å². The van der Waals surface area contributed by atoms with Crippen molar-refractivity contribution in [2.45, 2.75) is 42.9 Å². The number of carbonyl (C=O) groups excluding carboxylic acids is 1. The molecule has 2 fully saturated rings. The van der Waals surface area contributed by atoms with Gasteiger partial charge in [0.25, 0.3) is 10.0 Å². The Bertz CT molecular complexity index is 680. The lowest BCUT2D eigenvalue weighted by molar-refractivity contribution is -0.137. The van der Waals surface area contributed by atoms with Crippen LogP contribution in [0.15, 0.2) is 16.3 Å². The third-order valence-corrected chi connectivity index (χ3v) is 7.92. The number of sulfonamides is 1. The number of rotatable bonds is 4. The van der Waals surface area contributed by atoms with Crippen LogP contribution >= 0.6 is 11.3 Å². The van der Waals surface area contributed by atoms with Crippen molar-refractivity contribution in [3.63, 3.8) is 0 Å². The van der Waals surface area contributed by atoms with Gasteiger partial charge in [0.05, 0.1) is 19.1 Å². The zero-order chi connectivity index (χ0) is 17.2. The van der Waals surface area contributed by atoms with Crippen LogP contribution in [-0.4, -0.2) is 62.4 Å². The van der Waals surface area contributed by atoms with Crippen LogP contribution in [0.1, 0.15) is 31.1 Å². The lowest BCUT2D eigenvalue weighted by Crippen LogP contribution is -2.45. The van der Waals surface area contributed by atoms with Crippen molar-refractivity contribution in [1.82, 2.24) is 9.21 Å². The number of nitrogens with zero attached hydrogens (tertiary/aromatic N) is 2. The van der Waals surface area contributed by atoms with E-state index in [0.717, 1.165) is 24.1 Å². The van der Waals surface area contributed by atoms with Crippen molar-refractivity contribution in [2.24, 2.45) is 0 Å². The molecule has 0 radical (unpaired) electrons. The maximum Gasteiger partial charge on any atom is 0.252 e. The van der Waals surface area contributed by atoms with E-state index >= 15 is 0 Å². The molecule has 0 saturated carbocycles. The number of hydrogen-bond donors (Lipinski definition) is 0. The van der Waals surface area contributed by atoms with Crippen molar-refractivity contribution in [2.75, 3.05) is 32.8 Å². The molecule has 3 heterocycles. The maximum atomic E-state index is 12.7. The summed E-state index contributed by atoms with van der Waals surface area (Å²) in [7, 11) is -3.40. The Balaban J connectivity index is 1.65. The summed E-state index contributed by atoms with van der Waals surface area (Å²) in [6.07, 6.45) is 3.25. The molecule has 8 heteroatoms. The normalized spacial score (nSPS) is 23.4. The second kappa shape index (κ2) is 7.51. The van der Waals surface area contributed by atoms with Crippen LogP contribution in [0.2, 0.25) is 0 Å². The van der Waals surface area contributed by atoms with Gasteiger partial charge in [-0.1, -0.05) is 6.42 Å². The van der Waals surface area contributed by atoms with E-state index in [1.807, 2.05) is 6.92 Å². The molecule has 1 atom stereocenters. The largest absolute Gasteiger partial charge is 0.375 e. The zero-order valence-corrected chi connectivity index (χ0v) is 15.6. The summed E-state index contributed by atoms with van der Waals surface area (Å²) in [4.78, 5) is 15.0. The van der Waals surface area contributed by atoms with E-state index in [1.54, 1.807) is 21.3 Å². The van der Waals surface area contributed by atoms with Crippen LogP contribution in [0.25, 0.3) is 0 Å². The van der Waals surface area contributed by atoms with Crippen LogP contribution < -0.4 is 0 Å². The SMILES string of the molecule is CC1CN(C(=O)Cc2ccc(S(=O)(=O)N3CCCCC3)s2)CCO1. The van der Waals surface area contributed by atoms with E-state index in [9.17, 15) is 13.2 Å². The highest BCUT2D eigenvalue weighted by molar-refractivity contribution is 7.91. The van der Waals surface area contributed by atoms with Gasteiger partial charge in [-0.15, -0.1) is 11.3 Å². The molecule has 2 aliphatic heterocycles. The average molecular weight is 373 g/mol. The number of carbonyl (C=O) groups is 1. The van der Waals surface area contributed by atoms with Gasteiger partial charge in [-0.05, 0) is 31.9 Å². The number of hydrogen-bond acceptors (Lipinski definition) is 5. The molecule has 134 valence electrons. The average Bonchev–Trinajstić information content (AvgIpc) is 3.05. The summed E-state index contributed by atoms with van der Waals surface area (Å²) < 4.78 is 32.7. The summed E-state index contributed by atoms with van der Waals surface area (Å²) in [5.74, 6) is 0.0360. The standard InChI is InChI=1S/C16H24N2O4S2/c1-13-12-17(9-10-22-13)15(19)11-14-5-6-16(23-14)24(20,21)18-7-3-2-4-8-18/h5-6,13H,2-4,7-12H2,1H3. The van der Waals surface area contributed by atoms with Crippen LogP contribution in [0.3, 0.4) is 0 Å². The van der Waals surface area contributed by atoms with Crippen LogP contribution in [-0.2, 0) is 26.0 Å². The summed E-state index contributed by atoms with van der Waals surface area (Å²) in [6.45, 7) is 4.91. The number of piperidine rings is 1. The minimum absolute atomic E-state index is 0.0360. The molecule has 6 nitrogen and oxygen atoms in total. The van der Waals surface area contributed by atoms with E-state index < -0.39 is 10.0 Å². The summed E-state index contributed by atoms with van der Waals surface area (Å²) in [5, 5.41) is 0. The molecule has 2 saturated heterocycles. The number of ether oxygens (including phenoxy) is 1. The molecule has 1 aromatic rings. The van der Waals surface area contributed by atoms with E-state index in [1.165, 1.54) is 11.3 Å². The minimum Gasteiger partial charge on any atom is -0.375 e. The Morgan fingerprint density at radius 3 is 2.71 bits per heavy atom. The molecular weight excluding hydrogens is 348 g/mol. The zero-order valence-electron chi connectivity index (χ0n) is 13.9. The van der Waals surface area contributed by atoms with Crippen LogP contribution in [0.5, 0.6) is 0 Å². The molecule has 1 aromatic heterocycles. The van der Waals surface area contributed by atoms with Crippen LogP contribution in [0.4, 0.5) is 0 Å². The highest BCUT2D eigenvalue weighted by atomic mass is 32.2. The van der Waals surface area contributed by atoms with Gasteiger partial charge < -0.3 is 9.64 Å². The Morgan fingerprint density at radius 1 is 1.25 bits per heavy atom. The van der Waals surface area contributed by atoms with Gasteiger partial charge in [0.2, 0.25) is 5.91 Å². The smallest absolute Gasteiger partial charge is 0.252 e. The van der Waals surface area contributed by atoms with E-state index in [2.05, 4.69) is 0 Å². The molecule has 0 aliphatic carbocycles. The number of morpholine rings is 1. The fourth-order valence-electron chi connectivity index (χ4n) is 3.13. The first-order valence-corrected chi connectivity index (χ1v) is 10.7. The Labute approximate surface area is 147 Å². The third-order valence-electron chi connectivity index (χ3n) is 4.47. The summed E-state index contributed by atoms with van der Waals surface area (Å²) in [6, 6.07) is 3.41. The fourth-order valence-corrected chi connectivity index (χ4v) is 6.15. The Kier molecular flexibility index (Phi) is 5.59. The predicted octanol–water partition coefficient (Wildman–Crippen LogP) is 1.71. The lowest BCUT2D eigenvalue weighted by Gasteiger charge is -2.31. The first-order valence-electron chi connectivity index (χ1n) is 8.45. The van der Waals surface area contributed by atoms with Gasteiger partial charge in [-0.2, -0.15) is 4.31 Å². The second-order valence-electron chi connectivity index (χ2n) is 6.38. The minimum atomic E-state index is -3.40. The molecule has 24 heavy (non-hydrogen) atoms. The molecule has 2 aliphatic rings. The van der Waals surface area contributed by atoms with E-state index in [-0.39, 0.29) is 18.4 Å². The molecule has 0 bridgehead atoms. The van der Waals surface area contributed by atoms with Crippen molar-refractivity contribution < 1.29 is 17.9 Å². The topological polar surface area (TPSA) is 66.9 Å². The molecule has 0 aromatic carbocycles. The molecule has 1 unspecified atom stereocenters. The monoisotopic (exact) mass is 372 g/mol. The predicted molar refractivity (Wildman–Crippen MR) is 92.6 cm³/mol. The maximum absolute atomic E-state index is 12.7. The van der Waals surface area contributed by atoms with Crippen molar-refractivity contribution >= 4 is 27.3 Å². The molecule has 1 amide bonds. The first-order chi connectivity index (χ1) is 11.5. The lowest BCUT2D eigenvalue weighted by atomic mass is 10.2. The quantitative estimate of drug-likeness (QED) is 0.807. The van der Waals surface area contributed by atoms with Gasteiger partial charge in [0.15, 0.2) is 0 Å². The van der Waals surface area contributed by atoms with Crippen LogP contribution in [0, 0.1) is 0 Å². The number of thiophene rings is 1. The van der Waals surface area contributed by atoms with Gasteiger partial charge in [0, 0.05) is 31.1 Å². The Morgan fingerprint density at radius 2 is 2.00 bits per heavy atom. The van der Waals surface area contributed by atoms with Gasteiger partial charge in [-0.3, -0.25) is 4.79 Å². The van der Waals surface area contributed by atoms with E-state index in [4.69, 9.17) is 4.74 Å². The van der Waals surface area contributed by atoms with Crippen molar-refractivity contribution in [3.05, 3.63) is 17.0 Å². The highest BCUT2D eigenvalue weighted by Crippen LogP contribution is 2.27. The van der Waals surface area contributed by atoms with Crippen molar-refractivity contribution in [1.29, 1.82) is 0 Å². The highest BCUT2D eigenvalue weighted by Gasteiger charge is 2.28. The fraction of sp³-hybridized carbons (Fsp3) is 0.688. The molecular formula is C16H24N2O4S2. The molecule has 3 rings (SSSR count).